The molecule has 17 heavy (non-hydrogen) atoms. The average Bonchev–Trinajstić information content (AvgIpc) is 2.30. The molecule has 1 unspecified atom stereocenters. The van der Waals surface area contributed by atoms with Gasteiger partial charge in [-0.25, -0.2) is 4.39 Å². The molecule has 88 valence electrons. The quantitative estimate of drug-likeness (QED) is 0.880. The molecule has 0 saturated heterocycles. The van der Waals surface area contributed by atoms with Crippen LogP contribution in [0.4, 0.5) is 4.39 Å². The van der Waals surface area contributed by atoms with Crippen LogP contribution in [0.15, 0.2) is 48.8 Å². The van der Waals surface area contributed by atoms with E-state index in [1.807, 2.05) is 37.3 Å². The average molecular weight is 230 g/mol. The van der Waals surface area contributed by atoms with E-state index < -0.39 is 5.54 Å². The minimum absolute atomic E-state index is 0.353. The number of nitrogens with two attached hydrogens (primary N) is 1. The molecule has 1 heterocycles. The molecule has 0 aliphatic heterocycles. The van der Waals surface area contributed by atoms with E-state index in [4.69, 9.17) is 5.73 Å². The second-order valence-corrected chi connectivity index (χ2v) is 4.44. The van der Waals surface area contributed by atoms with Crippen LogP contribution in [0.1, 0.15) is 18.1 Å². The predicted octanol–water partition coefficient (Wildman–Crippen LogP) is 2.64. The summed E-state index contributed by atoms with van der Waals surface area (Å²) in [5.74, 6) is -0.353. The van der Waals surface area contributed by atoms with Crippen molar-refractivity contribution in [3.05, 3.63) is 65.7 Å². The van der Waals surface area contributed by atoms with Gasteiger partial charge >= 0.3 is 0 Å². The summed E-state index contributed by atoms with van der Waals surface area (Å²) < 4.78 is 13.6. The van der Waals surface area contributed by atoms with Crippen molar-refractivity contribution in [2.75, 3.05) is 0 Å². The third-order valence-electron chi connectivity index (χ3n) is 2.80. The lowest BCUT2D eigenvalue weighted by atomic mass is 9.87. The Morgan fingerprint density at radius 3 is 2.59 bits per heavy atom. The molecule has 0 spiro atoms. The van der Waals surface area contributed by atoms with Crippen LogP contribution < -0.4 is 5.73 Å². The fourth-order valence-electron chi connectivity index (χ4n) is 1.95. The van der Waals surface area contributed by atoms with Crippen molar-refractivity contribution in [1.82, 2.24) is 4.98 Å². The maximum absolute atomic E-state index is 13.6. The van der Waals surface area contributed by atoms with Crippen LogP contribution in [-0.2, 0) is 12.0 Å². The SMILES string of the molecule is CC(N)(Cc1ccccc1)c1ccncc1F. The van der Waals surface area contributed by atoms with Gasteiger partial charge in [0, 0.05) is 17.3 Å². The zero-order chi connectivity index (χ0) is 12.3. The van der Waals surface area contributed by atoms with E-state index in [9.17, 15) is 4.39 Å². The lowest BCUT2D eigenvalue weighted by molar-refractivity contribution is 0.455. The Labute approximate surface area is 100 Å². The second kappa shape index (κ2) is 4.63. The standard InChI is InChI=1S/C14H15FN2/c1-14(16,9-11-5-3-2-4-6-11)12-7-8-17-10-13(12)15/h2-8,10H,9,16H2,1H3. The van der Waals surface area contributed by atoms with Gasteiger partial charge in [0.1, 0.15) is 5.82 Å². The van der Waals surface area contributed by atoms with E-state index in [1.54, 1.807) is 12.3 Å². The van der Waals surface area contributed by atoms with E-state index >= 15 is 0 Å². The number of pyridine rings is 1. The molecule has 2 N–H and O–H groups in total. The molecule has 0 radical (unpaired) electrons. The molecule has 3 heteroatoms. The highest BCUT2D eigenvalue weighted by atomic mass is 19.1. The fraction of sp³-hybridized carbons (Fsp3) is 0.214. The van der Waals surface area contributed by atoms with Gasteiger partial charge in [-0.2, -0.15) is 0 Å². The number of halogens is 1. The van der Waals surface area contributed by atoms with Crippen molar-refractivity contribution in [1.29, 1.82) is 0 Å². The molecule has 1 aromatic heterocycles. The molecule has 0 amide bonds. The molecule has 2 rings (SSSR count). The first-order valence-corrected chi connectivity index (χ1v) is 5.52. The van der Waals surface area contributed by atoms with Crippen molar-refractivity contribution in [3.8, 4) is 0 Å². The number of rotatable bonds is 3. The van der Waals surface area contributed by atoms with E-state index in [0.29, 0.717) is 12.0 Å². The van der Waals surface area contributed by atoms with Crippen LogP contribution in [0.5, 0.6) is 0 Å². The fourth-order valence-corrected chi connectivity index (χ4v) is 1.95. The van der Waals surface area contributed by atoms with Gasteiger partial charge in [0.15, 0.2) is 0 Å². The summed E-state index contributed by atoms with van der Waals surface area (Å²) in [4.78, 5) is 3.73. The molecule has 2 aromatic rings. The molecule has 1 atom stereocenters. The topological polar surface area (TPSA) is 38.9 Å². The summed E-state index contributed by atoms with van der Waals surface area (Å²) in [6, 6.07) is 11.5. The number of aromatic nitrogens is 1. The van der Waals surface area contributed by atoms with E-state index in [1.165, 1.54) is 6.20 Å². The molecule has 2 nitrogen and oxygen atoms in total. The molecule has 0 aliphatic rings. The molecular weight excluding hydrogens is 215 g/mol. The molecule has 0 aliphatic carbocycles. The molecule has 1 aromatic carbocycles. The second-order valence-electron chi connectivity index (χ2n) is 4.44. The van der Waals surface area contributed by atoms with Gasteiger partial charge in [-0.3, -0.25) is 4.98 Å². The number of hydrogen-bond donors (Lipinski definition) is 1. The van der Waals surface area contributed by atoms with Crippen molar-refractivity contribution in [2.45, 2.75) is 18.9 Å². The zero-order valence-corrected chi connectivity index (χ0v) is 9.73. The van der Waals surface area contributed by atoms with Crippen LogP contribution in [0.2, 0.25) is 0 Å². The highest BCUT2D eigenvalue weighted by Crippen LogP contribution is 2.24. The van der Waals surface area contributed by atoms with Gasteiger partial charge in [0.2, 0.25) is 0 Å². The minimum Gasteiger partial charge on any atom is -0.321 e. The monoisotopic (exact) mass is 230 g/mol. The summed E-state index contributed by atoms with van der Waals surface area (Å²) in [6.07, 6.45) is 3.36. The Balaban J connectivity index is 2.28. The van der Waals surface area contributed by atoms with Gasteiger partial charge in [-0.05, 0) is 25.0 Å². The maximum atomic E-state index is 13.6. The van der Waals surface area contributed by atoms with E-state index in [0.717, 1.165) is 5.56 Å². The van der Waals surface area contributed by atoms with Crippen LogP contribution in [0.25, 0.3) is 0 Å². The summed E-state index contributed by atoms with van der Waals surface area (Å²) in [5.41, 5.74) is 7.06. The van der Waals surface area contributed by atoms with Crippen LogP contribution in [0.3, 0.4) is 0 Å². The summed E-state index contributed by atoms with van der Waals surface area (Å²) >= 11 is 0. The first kappa shape index (κ1) is 11.7. The first-order valence-electron chi connectivity index (χ1n) is 5.52. The van der Waals surface area contributed by atoms with E-state index in [-0.39, 0.29) is 5.82 Å². The smallest absolute Gasteiger partial charge is 0.146 e. The first-order chi connectivity index (χ1) is 8.09. The van der Waals surface area contributed by atoms with Crippen LogP contribution >= 0.6 is 0 Å². The Kier molecular flexibility index (Phi) is 3.20. The summed E-state index contributed by atoms with van der Waals surface area (Å²) in [5, 5.41) is 0. The summed E-state index contributed by atoms with van der Waals surface area (Å²) in [6.45, 7) is 1.83. The van der Waals surface area contributed by atoms with Gasteiger partial charge in [0.05, 0.1) is 6.20 Å². The Morgan fingerprint density at radius 2 is 1.94 bits per heavy atom. The number of benzene rings is 1. The largest absolute Gasteiger partial charge is 0.321 e. The Morgan fingerprint density at radius 1 is 1.24 bits per heavy atom. The van der Waals surface area contributed by atoms with Crippen LogP contribution in [-0.4, -0.2) is 4.98 Å². The Hall–Kier alpha value is -1.74. The predicted molar refractivity (Wildman–Crippen MR) is 65.9 cm³/mol. The van der Waals surface area contributed by atoms with Crippen molar-refractivity contribution in [2.24, 2.45) is 5.73 Å². The summed E-state index contributed by atoms with van der Waals surface area (Å²) in [7, 11) is 0. The zero-order valence-electron chi connectivity index (χ0n) is 9.73. The molecular formula is C14H15FN2. The van der Waals surface area contributed by atoms with Crippen LogP contribution in [0, 0.1) is 5.82 Å². The van der Waals surface area contributed by atoms with Gasteiger partial charge in [0.25, 0.3) is 0 Å². The number of hydrogen-bond acceptors (Lipinski definition) is 2. The third-order valence-corrected chi connectivity index (χ3v) is 2.80. The van der Waals surface area contributed by atoms with Crippen molar-refractivity contribution in [3.63, 3.8) is 0 Å². The lowest BCUT2D eigenvalue weighted by Gasteiger charge is -2.25. The van der Waals surface area contributed by atoms with E-state index in [2.05, 4.69) is 4.98 Å². The highest BCUT2D eigenvalue weighted by molar-refractivity contribution is 5.26. The number of nitrogens with zero attached hydrogens (tertiary/aromatic N) is 1. The maximum Gasteiger partial charge on any atom is 0.146 e. The lowest BCUT2D eigenvalue weighted by Crippen LogP contribution is -2.36. The normalized spacial score (nSPS) is 14.3. The van der Waals surface area contributed by atoms with Gasteiger partial charge in [-0.1, -0.05) is 30.3 Å². The highest BCUT2D eigenvalue weighted by Gasteiger charge is 2.24. The molecule has 0 fully saturated rings. The van der Waals surface area contributed by atoms with Gasteiger partial charge < -0.3 is 5.73 Å². The minimum atomic E-state index is -0.728. The molecule has 0 bridgehead atoms. The van der Waals surface area contributed by atoms with Gasteiger partial charge in [-0.15, -0.1) is 0 Å². The molecule has 0 saturated carbocycles. The third kappa shape index (κ3) is 2.68. The van der Waals surface area contributed by atoms with Crippen molar-refractivity contribution < 1.29 is 4.39 Å². The Bertz CT molecular complexity index is 495. The van der Waals surface area contributed by atoms with Crippen molar-refractivity contribution >= 4 is 0 Å².